The Morgan fingerprint density at radius 1 is 0.841 bits per heavy atom. The monoisotopic (exact) mass is 634 g/mol. The van der Waals surface area contributed by atoms with Crippen LogP contribution in [0.15, 0.2) is 66.8 Å². The molecule has 232 valence electrons. The molecule has 2 aromatic heterocycles. The van der Waals surface area contributed by atoms with Gasteiger partial charge in [-0.1, -0.05) is 60.2 Å². The SMILES string of the molecule is CN1CC[C@@H](NCCO)c2ccc(C3(c4ccc5c(n4)N(C)CC[C@H]5NCCO)C=CC=C(c4ccccc4Cl)C3Cl)nc21. The molecular weight excluding hydrogens is 595 g/mol. The van der Waals surface area contributed by atoms with E-state index in [2.05, 4.69) is 64.9 Å². The number of hydrogen-bond donors (Lipinski definition) is 4. The number of aliphatic hydroxyl groups excluding tert-OH is 2. The van der Waals surface area contributed by atoms with Gasteiger partial charge in [-0.3, -0.25) is 0 Å². The molecule has 1 unspecified atom stereocenters. The van der Waals surface area contributed by atoms with Gasteiger partial charge >= 0.3 is 0 Å². The lowest BCUT2D eigenvalue weighted by atomic mass is 9.70. The van der Waals surface area contributed by atoms with Gasteiger partial charge in [-0.15, -0.1) is 11.6 Å². The summed E-state index contributed by atoms with van der Waals surface area (Å²) in [6.45, 7) is 2.91. The highest BCUT2D eigenvalue weighted by Crippen LogP contribution is 2.49. The highest BCUT2D eigenvalue weighted by atomic mass is 35.5. The quantitative estimate of drug-likeness (QED) is 0.254. The fraction of sp³-hybridized carbons (Fsp3) is 0.412. The second kappa shape index (κ2) is 13.2. The summed E-state index contributed by atoms with van der Waals surface area (Å²) in [6, 6.07) is 16.5. The summed E-state index contributed by atoms with van der Waals surface area (Å²) < 4.78 is 0. The number of nitrogens with zero attached hydrogens (tertiary/aromatic N) is 4. The number of nitrogens with one attached hydrogen (secondary N) is 2. The van der Waals surface area contributed by atoms with Crippen LogP contribution in [-0.2, 0) is 5.41 Å². The van der Waals surface area contributed by atoms with Crippen molar-refractivity contribution in [1.29, 1.82) is 0 Å². The Hall–Kier alpha value is -2.98. The van der Waals surface area contributed by atoms with Crippen LogP contribution in [0.4, 0.5) is 11.6 Å². The number of anilines is 2. The third-order valence-corrected chi connectivity index (χ3v) is 10.0. The molecule has 10 heteroatoms. The van der Waals surface area contributed by atoms with Gasteiger partial charge in [0.1, 0.15) is 11.6 Å². The minimum Gasteiger partial charge on any atom is -0.395 e. The fourth-order valence-corrected chi connectivity index (χ4v) is 7.54. The van der Waals surface area contributed by atoms with Gasteiger partial charge in [-0.2, -0.15) is 0 Å². The van der Waals surface area contributed by atoms with Crippen LogP contribution in [0.3, 0.4) is 0 Å². The largest absolute Gasteiger partial charge is 0.395 e. The number of allylic oxidation sites excluding steroid dienone is 4. The summed E-state index contributed by atoms with van der Waals surface area (Å²) in [5.41, 5.74) is 4.72. The number of aromatic nitrogens is 2. The maximum absolute atomic E-state index is 9.45. The number of fused-ring (bicyclic) bond motifs is 2. The molecule has 0 radical (unpaired) electrons. The van der Waals surface area contributed by atoms with Crippen LogP contribution >= 0.6 is 23.2 Å². The van der Waals surface area contributed by atoms with E-state index in [0.717, 1.165) is 71.2 Å². The van der Waals surface area contributed by atoms with Gasteiger partial charge in [0.2, 0.25) is 0 Å². The van der Waals surface area contributed by atoms with Crippen molar-refractivity contribution in [2.75, 3.05) is 63.3 Å². The van der Waals surface area contributed by atoms with Gasteiger partial charge in [0.05, 0.1) is 35.4 Å². The summed E-state index contributed by atoms with van der Waals surface area (Å²) >= 11 is 14.4. The van der Waals surface area contributed by atoms with Gasteiger partial charge in [0, 0.05) is 68.5 Å². The Kier molecular flexibility index (Phi) is 9.29. The number of aliphatic hydroxyl groups is 2. The number of benzene rings is 1. The van der Waals surface area contributed by atoms with Gasteiger partial charge in [0.15, 0.2) is 0 Å². The minimum absolute atomic E-state index is 0.0843. The third-order valence-electron chi connectivity index (χ3n) is 9.14. The molecule has 0 amide bonds. The zero-order valence-corrected chi connectivity index (χ0v) is 26.7. The van der Waals surface area contributed by atoms with E-state index in [1.54, 1.807) is 0 Å². The lowest BCUT2D eigenvalue weighted by Gasteiger charge is -2.41. The molecule has 4 N–H and O–H groups in total. The number of rotatable bonds is 9. The Labute approximate surface area is 269 Å². The Balaban J connectivity index is 1.52. The van der Waals surface area contributed by atoms with Crippen LogP contribution in [-0.4, -0.2) is 79.0 Å². The molecule has 0 saturated carbocycles. The molecule has 6 rings (SSSR count). The summed E-state index contributed by atoms with van der Waals surface area (Å²) in [5, 5.41) is 25.9. The second-order valence-corrected chi connectivity index (χ2v) is 12.6. The highest BCUT2D eigenvalue weighted by Gasteiger charge is 2.47. The smallest absolute Gasteiger partial charge is 0.133 e. The molecule has 1 aliphatic carbocycles. The van der Waals surface area contributed by atoms with Crippen LogP contribution in [0, 0.1) is 0 Å². The van der Waals surface area contributed by atoms with E-state index in [0.29, 0.717) is 18.1 Å². The van der Waals surface area contributed by atoms with Gasteiger partial charge in [-0.25, -0.2) is 9.97 Å². The lowest BCUT2D eigenvalue weighted by molar-refractivity contribution is 0.281. The van der Waals surface area contributed by atoms with Crippen LogP contribution in [0.5, 0.6) is 0 Å². The standard InChI is InChI=1S/C34H40Cl2N6O2/c1-41-18-13-27(37-16-20-43)24-9-11-29(39-32(24)41)34(15-5-7-23(31(34)36)22-6-3-4-8-26(22)35)30-12-10-25-28(38-17-21-44)14-19-42(2)33(25)40-30/h3-12,15,27-28,31,37-38,43-44H,13-14,16-21H2,1-2H3/t27-,28-,31?/m1/s1. The molecular formula is C34H40Cl2N6O2. The number of halogens is 2. The summed E-state index contributed by atoms with van der Waals surface area (Å²) in [5.74, 6) is 1.80. The first-order valence-corrected chi connectivity index (χ1v) is 16.1. The summed E-state index contributed by atoms with van der Waals surface area (Å²) in [7, 11) is 4.14. The highest BCUT2D eigenvalue weighted by molar-refractivity contribution is 6.34. The van der Waals surface area contributed by atoms with E-state index in [1.807, 2.05) is 36.4 Å². The van der Waals surface area contributed by atoms with Crippen molar-refractivity contribution in [2.24, 2.45) is 0 Å². The molecule has 44 heavy (non-hydrogen) atoms. The van der Waals surface area contributed by atoms with Gasteiger partial charge in [-0.05, 0) is 42.2 Å². The molecule has 8 nitrogen and oxygen atoms in total. The van der Waals surface area contributed by atoms with Crippen molar-refractivity contribution in [1.82, 2.24) is 20.6 Å². The van der Waals surface area contributed by atoms with Crippen molar-refractivity contribution in [2.45, 2.75) is 35.7 Å². The van der Waals surface area contributed by atoms with E-state index in [9.17, 15) is 10.2 Å². The minimum atomic E-state index is -0.895. The molecule has 4 heterocycles. The normalized spacial score (nSPS) is 22.4. The van der Waals surface area contributed by atoms with E-state index < -0.39 is 10.8 Å². The fourth-order valence-electron chi connectivity index (χ4n) is 6.81. The predicted molar refractivity (Wildman–Crippen MR) is 179 cm³/mol. The zero-order valence-electron chi connectivity index (χ0n) is 25.2. The molecule has 0 spiro atoms. The topological polar surface area (TPSA) is 96.8 Å². The average Bonchev–Trinajstić information content (AvgIpc) is 3.05. The maximum Gasteiger partial charge on any atom is 0.133 e. The average molecular weight is 636 g/mol. The number of pyridine rings is 2. The molecule has 3 aliphatic rings. The molecule has 0 fully saturated rings. The first-order valence-electron chi connectivity index (χ1n) is 15.3. The predicted octanol–water partition coefficient (Wildman–Crippen LogP) is 4.60. The van der Waals surface area contributed by atoms with Crippen molar-refractivity contribution in [3.63, 3.8) is 0 Å². The number of alkyl halides is 1. The van der Waals surface area contributed by atoms with Crippen molar-refractivity contribution in [3.05, 3.63) is 99.9 Å². The summed E-state index contributed by atoms with van der Waals surface area (Å²) in [6.07, 6.45) is 8.07. The van der Waals surface area contributed by atoms with E-state index in [4.69, 9.17) is 33.2 Å². The Morgan fingerprint density at radius 3 is 1.91 bits per heavy atom. The molecule has 0 bridgehead atoms. The van der Waals surface area contributed by atoms with Crippen LogP contribution in [0.2, 0.25) is 5.02 Å². The Bertz CT molecular complexity index is 1490. The van der Waals surface area contributed by atoms with Crippen molar-refractivity contribution < 1.29 is 10.2 Å². The first kappa shape index (κ1) is 31.0. The van der Waals surface area contributed by atoms with E-state index >= 15 is 0 Å². The maximum atomic E-state index is 9.45. The zero-order chi connectivity index (χ0) is 30.8. The van der Waals surface area contributed by atoms with Crippen molar-refractivity contribution >= 4 is 40.4 Å². The van der Waals surface area contributed by atoms with E-state index in [-0.39, 0.29) is 25.3 Å². The van der Waals surface area contributed by atoms with Crippen LogP contribution in [0.25, 0.3) is 5.57 Å². The molecule has 0 saturated heterocycles. The molecule has 3 atom stereocenters. The van der Waals surface area contributed by atoms with Crippen LogP contribution in [0.1, 0.15) is 53.0 Å². The van der Waals surface area contributed by atoms with Crippen molar-refractivity contribution in [3.8, 4) is 0 Å². The first-order chi connectivity index (χ1) is 21.4. The van der Waals surface area contributed by atoms with Crippen LogP contribution < -0.4 is 20.4 Å². The lowest BCUT2D eigenvalue weighted by Crippen LogP contribution is -2.42. The van der Waals surface area contributed by atoms with E-state index in [1.165, 1.54) is 0 Å². The summed E-state index contributed by atoms with van der Waals surface area (Å²) in [4.78, 5) is 15.1. The molecule has 1 aromatic carbocycles. The van der Waals surface area contributed by atoms with Gasteiger partial charge < -0.3 is 30.6 Å². The van der Waals surface area contributed by atoms with Gasteiger partial charge in [0.25, 0.3) is 0 Å². The third kappa shape index (κ3) is 5.53. The Morgan fingerprint density at radius 2 is 1.39 bits per heavy atom. The molecule has 3 aromatic rings. The number of hydrogen-bond acceptors (Lipinski definition) is 8. The molecule has 2 aliphatic heterocycles. The second-order valence-electron chi connectivity index (χ2n) is 11.8.